The average molecular weight is 431 g/mol. The van der Waals surface area contributed by atoms with Crippen LogP contribution in [0.5, 0.6) is 0 Å². The number of amides is 1. The molecule has 3 atom stereocenters. The third-order valence-corrected chi connectivity index (χ3v) is 6.93. The molecule has 2 aromatic rings. The van der Waals surface area contributed by atoms with Gasteiger partial charge in [-0.05, 0) is 48.1 Å². The van der Waals surface area contributed by atoms with Gasteiger partial charge < -0.3 is 4.90 Å². The van der Waals surface area contributed by atoms with Crippen molar-refractivity contribution in [2.75, 3.05) is 12.3 Å². The maximum Gasteiger partial charge on any atom is 0.226 e. The quantitative estimate of drug-likeness (QED) is 0.627. The largest absolute Gasteiger partial charge is 0.334 e. The number of hydrogen-bond donors (Lipinski definition) is 1. The van der Waals surface area contributed by atoms with E-state index in [9.17, 15) is 13.6 Å². The number of likely N-dealkylation sites (tertiary alicyclic amines) is 1. The summed E-state index contributed by atoms with van der Waals surface area (Å²) in [4.78, 5) is 14.8. The normalized spacial score (nSPS) is 24.1. The van der Waals surface area contributed by atoms with Gasteiger partial charge in [0.2, 0.25) is 5.91 Å². The molecule has 0 spiro atoms. The molecule has 1 N–H and O–H groups in total. The Bertz CT molecular complexity index is 889. The van der Waals surface area contributed by atoms with Crippen molar-refractivity contribution in [1.29, 1.82) is 0 Å². The first-order valence-electron chi connectivity index (χ1n) is 10.7. The first kappa shape index (κ1) is 21.3. The van der Waals surface area contributed by atoms with Gasteiger partial charge in [-0.2, -0.15) is 0 Å². The van der Waals surface area contributed by atoms with E-state index >= 15 is 0 Å². The summed E-state index contributed by atoms with van der Waals surface area (Å²) in [6.07, 6.45) is 2.40. The highest BCUT2D eigenvalue weighted by Crippen LogP contribution is 2.34. The Labute approximate surface area is 181 Å². The van der Waals surface area contributed by atoms with Crippen molar-refractivity contribution >= 4 is 17.9 Å². The average Bonchev–Trinajstić information content (AvgIpc) is 3.00. The van der Waals surface area contributed by atoms with Crippen molar-refractivity contribution in [3.05, 3.63) is 59.9 Å². The minimum absolute atomic E-state index is 0.0518. The van der Waals surface area contributed by atoms with Crippen LogP contribution in [0, 0.1) is 11.7 Å². The molecule has 2 fully saturated rings. The lowest BCUT2D eigenvalue weighted by Gasteiger charge is -2.34. The summed E-state index contributed by atoms with van der Waals surface area (Å²) in [6.45, 7) is 2.18. The smallest absolute Gasteiger partial charge is 0.226 e. The van der Waals surface area contributed by atoms with E-state index in [1.54, 1.807) is 11.0 Å². The number of alkyl halides is 1. The molecule has 160 valence electrons. The van der Waals surface area contributed by atoms with Crippen LogP contribution in [-0.4, -0.2) is 41.4 Å². The van der Waals surface area contributed by atoms with Crippen LogP contribution in [0.1, 0.15) is 31.7 Å². The topological polar surface area (TPSA) is 32.3 Å². The molecule has 1 heterocycles. The molecule has 2 aliphatic rings. The van der Waals surface area contributed by atoms with E-state index in [1.165, 1.54) is 24.1 Å². The standard InChI is InChI=1S/C24H28F2N2OS/c1-2-30-27-23-21(26)15-28(24(29)17-7-4-8-17)22(23)13-16-6-3-9-18(12-16)19-10-5-11-20(25)14-19/h3,5-6,9-12,14,17,21-23,27H,2,4,7-8,13,15H2,1H3/t21-,22-,23-/m0/s1. The number of nitrogens with zero attached hydrogens (tertiary/aromatic N) is 1. The van der Waals surface area contributed by atoms with Gasteiger partial charge in [0.25, 0.3) is 0 Å². The van der Waals surface area contributed by atoms with Gasteiger partial charge in [-0.1, -0.05) is 61.7 Å². The second-order valence-electron chi connectivity index (χ2n) is 8.19. The minimum Gasteiger partial charge on any atom is -0.334 e. The molecule has 2 aromatic carbocycles. The predicted octanol–water partition coefficient (Wildman–Crippen LogP) is 5.01. The second kappa shape index (κ2) is 9.48. The highest BCUT2D eigenvalue weighted by atomic mass is 32.2. The van der Waals surface area contributed by atoms with Crippen LogP contribution in [0.4, 0.5) is 8.78 Å². The van der Waals surface area contributed by atoms with Crippen molar-refractivity contribution in [3.8, 4) is 11.1 Å². The molecule has 0 radical (unpaired) electrons. The van der Waals surface area contributed by atoms with Crippen LogP contribution in [0.2, 0.25) is 0 Å². The Morgan fingerprint density at radius 2 is 1.90 bits per heavy atom. The lowest BCUT2D eigenvalue weighted by atomic mass is 9.84. The lowest BCUT2D eigenvalue weighted by molar-refractivity contribution is -0.139. The van der Waals surface area contributed by atoms with Crippen LogP contribution in [0.25, 0.3) is 11.1 Å². The molecule has 1 saturated carbocycles. The van der Waals surface area contributed by atoms with Crippen LogP contribution >= 0.6 is 11.9 Å². The SMILES string of the molecule is CCSN[C@H]1[C@@H](F)CN(C(=O)C2CCC2)[C@H]1Cc1cccc(-c2cccc(F)c2)c1. The molecule has 4 rings (SSSR count). The first-order valence-corrected chi connectivity index (χ1v) is 11.7. The number of nitrogens with one attached hydrogen (secondary N) is 1. The number of halogens is 2. The fourth-order valence-corrected chi connectivity index (χ4v) is 5.04. The van der Waals surface area contributed by atoms with Gasteiger partial charge in [0.15, 0.2) is 0 Å². The van der Waals surface area contributed by atoms with Gasteiger partial charge in [-0.3, -0.25) is 9.52 Å². The van der Waals surface area contributed by atoms with E-state index in [2.05, 4.69) is 4.72 Å². The molecular formula is C24H28F2N2OS. The summed E-state index contributed by atoms with van der Waals surface area (Å²) in [6, 6.07) is 13.8. The van der Waals surface area contributed by atoms with Crippen molar-refractivity contribution in [1.82, 2.24) is 9.62 Å². The van der Waals surface area contributed by atoms with Crippen molar-refractivity contribution < 1.29 is 13.6 Å². The third-order valence-electron chi connectivity index (χ3n) is 6.21. The van der Waals surface area contributed by atoms with E-state index in [4.69, 9.17) is 0 Å². The molecule has 1 saturated heterocycles. The highest BCUT2D eigenvalue weighted by molar-refractivity contribution is 7.97. The lowest BCUT2D eigenvalue weighted by Crippen LogP contribution is -2.48. The number of carbonyl (C=O) groups is 1. The molecule has 30 heavy (non-hydrogen) atoms. The van der Waals surface area contributed by atoms with Crippen molar-refractivity contribution in [3.63, 3.8) is 0 Å². The fourth-order valence-electron chi connectivity index (χ4n) is 4.37. The van der Waals surface area contributed by atoms with Gasteiger partial charge >= 0.3 is 0 Å². The summed E-state index contributed by atoms with van der Waals surface area (Å²) >= 11 is 1.50. The number of carbonyl (C=O) groups excluding carboxylic acids is 1. The molecule has 0 unspecified atom stereocenters. The van der Waals surface area contributed by atoms with Gasteiger partial charge in [0.05, 0.1) is 18.6 Å². The van der Waals surface area contributed by atoms with Gasteiger partial charge in [0.1, 0.15) is 12.0 Å². The van der Waals surface area contributed by atoms with E-state index < -0.39 is 12.2 Å². The van der Waals surface area contributed by atoms with E-state index in [-0.39, 0.29) is 30.2 Å². The molecule has 1 amide bonds. The summed E-state index contributed by atoms with van der Waals surface area (Å²) in [5, 5.41) is 0. The summed E-state index contributed by atoms with van der Waals surface area (Å²) in [5.41, 5.74) is 2.76. The van der Waals surface area contributed by atoms with Crippen LogP contribution in [0.3, 0.4) is 0 Å². The Morgan fingerprint density at radius 1 is 1.17 bits per heavy atom. The summed E-state index contributed by atoms with van der Waals surface area (Å²) < 4.78 is 31.9. The molecular weight excluding hydrogens is 402 g/mol. The molecule has 1 aliphatic carbocycles. The maximum absolute atomic E-state index is 14.9. The number of hydrogen-bond acceptors (Lipinski definition) is 3. The minimum atomic E-state index is -1.08. The third kappa shape index (κ3) is 4.54. The zero-order chi connectivity index (χ0) is 21.1. The van der Waals surface area contributed by atoms with E-state index in [0.29, 0.717) is 6.42 Å². The molecule has 6 heteroatoms. The Hall–Kier alpha value is -1.92. The molecule has 3 nitrogen and oxygen atoms in total. The van der Waals surface area contributed by atoms with Crippen molar-refractivity contribution in [2.24, 2.45) is 5.92 Å². The fraction of sp³-hybridized carbons (Fsp3) is 0.458. The Balaban J connectivity index is 1.58. The Morgan fingerprint density at radius 3 is 2.57 bits per heavy atom. The summed E-state index contributed by atoms with van der Waals surface area (Å²) in [5.74, 6) is 0.714. The second-order valence-corrected chi connectivity index (χ2v) is 9.29. The van der Waals surface area contributed by atoms with Gasteiger partial charge in [-0.15, -0.1) is 0 Å². The zero-order valence-electron chi connectivity index (χ0n) is 17.2. The van der Waals surface area contributed by atoms with E-state index in [1.807, 2.05) is 37.3 Å². The number of rotatable bonds is 7. The van der Waals surface area contributed by atoms with Crippen LogP contribution in [0.15, 0.2) is 48.5 Å². The maximum atomic E-state index is 14.9. The van der Waals surface area contributed by atoms with Gasteiger partial charge in [-0.25, -0.2) is 8.78 Å². The highest BCUT2D eigenvalue weighted by Gasteiger charge is 2.46. The van der Waals surface area contributed by atoms with Crippen molar-refractivity contribution in [2.45, 2.75) is 50.9 Å². The van der Waals surface area contributed by atoms with Gasteiger partial charge in [0, 0.05) is 11.7 Å². The number of benzene rings is 2. The molecule has 0 bridgehead atoms. The molecule has 0 aromatic heterocycles. The first-order chi connectivity index (χ1) is 14.6. The van der Waals surface area contributed by atoms with E-state index in [0.717, 1.165) is 41.7 Å². The molecule has 1 aliphatic heterocycles. The predicted molar refractivity (Wildman–Crippen MR) is 118 cm³/mol. The Kier molecular flexibility index (Phi) is 6.74. The summed E-state index contributed by atoms with van der Waals surface area (Å²) in [7, 11) is 0. The monoisotopic (exact) mass is 430 g/mol. The van der Waals surface area contributed by atoms with Crippen LogP contribution in [-0.2, 0) is 11.2 Å². The van der Waals surface area contributed by atoms with Crippen LogP contribution < -0.4 is 4.72 Å². The zero-order valence-corrected chi connectivity index (χ0v) is 18.0.